The maximum Gasteiger partial charge on any atom is 0.243 e. The zero-order valence-electron chi connectivity index (χ0n) is 23.9. The van der Waals surface area contributed by atoms with Gasteiger partial charge in [0.25, 0.3) is 0 Å². The van der Waals surface area contributed by atoms with Crippen LogP contribution >= 0.6 is 0 Å². The minimum atomic E-state index is -3.65. The van der Waals surface area contributed by atoms with E-state index >= 15 is 0 Å². The highest BCUT2D eigenvalue weighted by molar-refractivity contribution is 7.89. The molecule has 3 aromatic rings. The van der Waals surface area contributed by atoms with Gasteiger partial charge in [0.15, 0.2) is 0 Å². The van der Waals surface area contributed by atoms with E-state index in [4.69, 9.17) is 0 Å². The van der Waals surface area contributed by atoms with Gasteiger partial charge in [-0.15, -0.1) is 0 Å². The summed E-state index contributed by atoms with van der Waals surface area (Å²) < 4.78 is 27.1. The Labute approximate surface area is 239 Å². The highest BCUT2D eigenvalue weighted by Crippen LogP contribution is 2.19. The average Bonchev–Trinajstić information content (AvgIpc) is 2.95. The zero-order chi connectivity index (χ0) is 29.1. The summed E-state index contributed by atoms with van der Waals surface area (Å²) in [5.74, 6) is -0.379. The van der Waals surface area contributed by atoms with Crippen molar-refractivity contribution in [3.63, 3.8) is 0 Å². The van der Waals surface area contributed by atoms with Crippen LogP contribution in [0.4, 0.5) is 0 Å². The summed E-state index contributed by atoms with van der Waals surface area (Å²) in [5.41, 5.74) is 2.97. The number of hydrogen-bond acceptors (Lipinski definition) is 4. The molecule has 8 heteroatoms. The highest BCUT2D eigenvalue weighted by atomic mass is 32.2. The van der Waals surface area contributed by atoms with Crippen molar-refractivity contribution >= 4 is 21.8 Å². The van der Waals surface area contributed by atoms with E-state index in [1.54, 1.807) is 35.2 Å². The smallest absolute Gasteiger partial charge is 0.243 e. The SMILES string of the molecule is CC[C@H](C)NC(=O)[C@H](Cc1ccccc1)N(Cc1cccc(C)c1)C(=O)CCCN(C)S(=O)(=O)c1ccccc1. The molecule has 2 amide bonds. The summed E-state index contributed by atoms with van der Waals surface area (Å²) in [6.45, 7) is 6.42. The molecule has 0 bridgehead atoms. The van der Waals surface area contributed by atoms with Crippen molar-refractivity contribution in [2.75, 3.05) is 13.6 Å². The molecule has 0 aliphatic rings. The molecule has 0 radical (unpaired) electrons. The second-order valence-electron chi connectivity index (χ2n) is 10.3. The quantitative estimate of drug-likeness (QED) is 0.301. The third kappa shape index (κ3) is 8.76. The minimum Gasteiger partial charge on any atom is -0.352 e. The van der Waals surface area contributed by atoms with Crippen LogP contribution in [-0.4, -0.2) is 55.1 Å². The van der Waals surface area contributed by atoms with Gasteiger partial charge < -0.3 is 10.2 Å². The van der Waals surface area contributed by atoms with Gasteiger partial charge in [-0.1, -0.05) is 85.3 Å². The van der Waals surface area contributed by atoms with E-state index < -0.39 is 16.1 Å². The number of sulfonamides is 1. The first kappa shape index (κ1) is 31.0. The number of nitrogens with one attached hydrogen (secondary N) is 1. The van der Waals surface area contributed by atoms with Crippen LogP contribution in [0.2, 0.25) is 0 Å². The first-order valence-electron chi connectivity index (χ1n) is 13.8. The van der Waals surface area contributed by atoms with Crippen LogP contribution in [0.3, 0.4) is 0 Å². The molecule has 0 fully saturated rings. The summed E-state index contributed by atoms with van der Waals surface area (Å²) in [5, 5.41) is 3.07. The predicted molar refractivity (Wildman–Crippen MR) is 159 cm³/mol. The predicted octanol–water partition coefficient (Wildman–Crippen LogP) is 4.95. The first-order valence-corrected chi connectivity index (χ1v) is 15.3. The average molecular weight is 564 g/mol. The molecule has 1 N–H and O–H groups in total. The fourth-order valence-electron chi connectivity index (χ4n) is 4.49. The van der Waals surface area contributed by atoms with Crippen LogP contribution in [-0.2, 0) is 32.6 Å². The molecule has 0 heterocycles. The molecule has 0 saturated carbocycles. The molecule has 0 unspecified atom stereocenters. The monoisotopic (exact) mass is 563 g/mol. The third-order valence-electron chi connectivity index (χ3n) is 7.02. The van der Waals surface area contributed by atoms with Crippen molar-refractivity contribution in [2.24, 2.45) is 0 Å². The fraction of sp³-hybridized carbons (Fsp3) is 0.375. The zero-order valence-corrected chi connectivity index (χ0v) is 24.7. The van der Waals surface area contributed by atoms with Crippen LogP contribution in [0.15, 0.2) is 89.8 Å². The van der Waals surface area contributed by atoms with Crippen LogP contribution < -0.4 is 5.32 Å². The van der Waals surface area contributed by atoms with Crippen molar-refractivity contribution in [3.05, 3.63) is 102 Å². The number of benzene rings is 3. The number of nitrogens with zero attached hydrogens (tertiary/aromatic N) is 2. The summed E-state index contributed by atoms with van der Waals surface area (Å²) >= 11 is 0. The Hall–Kier alpha value is -3.49. The van der Waals surface area contributed by atoms with Gasteiger partial charge in [0.1, 0.15) is 6.04 Å². The van der Waals surface area contributed by atoms with Crippen LogP contribution in [0.25, 0.3) is 0 Å². The third-order valence-corrected chi connectivity index (χ3v) is 8.89. The molecule has 2 atom stereocenters. The molecular formula is C32H41N3O4S. The van der Waals surface area contributed by atoms with E-state index in [0.717, 1.165) is 23.1 Å². The summed E-state index contributed by atoms with van der Waals surface area (Å²) in [6.07, 6.45) is 1.60. The molecule has 0 aliphatic heterocycles. The largest absolute Gasteiger partial charge is 0.352 e. The molecular weight excluding hydrogens is 522 g/mol. The lowest BCUT2D eigenvalue weighted by atomic mass is 10.0. The first-order chi connectivity index (χ1) is 19.1. The molecule has 40 heavy (non-hydrogen) atoms. The van der Waals surface area contributed by atoms with E-state index in [1.165, 1.54) is 11.4 Å². The topological polar surface area (TPSA) is 86.8 Å². The van der Waals surface area contributed by atoms with Crippen molar-refractivity contribution in [1.29, 1.82) is 0 Å². The van der Waals surface area contributed by atoms with Crippen molar-refractivity contribution in [1.82, 2.24) is 14.5 Å². The van der Waals surface area contributed by atoms with Gasteiger partial charge in [0.05, 0.1) is 4.90 Å². The van der Waals surface area contributed by atoms with Gasteiger partial charge in [0.2, 0.25) is 21.8 Å². The molecule has 214 valence electrons. The number of carbonyl (C=O) groups is 2. The maximum absolute atomic E-state index is 13.8. The van der Waals surface area contributed by atoms with Crippen molar-refractivity contribution < 1.29 is 18.0 Å². The number of aryl methyl sites for hydroxylation is 1. The Morgan fingerprint density at radius 2 is 1.52 bits per heavy atom. The summed E-state index contributed by atoms with van der Waals surface area (Å²) in [4.78, 5) is 29.3. The van der Waals surface area contributed by atoms with E-state index in [1.807, 2.05) is 75.4 Å². The van der Waals surface area contributed by atoms with Gasteiger partial charge in [-0.25, -0.2) is 12.7 Å². The second kappa shape index (κ2) is 14.8. The normalized spacial score (nSPS) is 13.0. The van der Waals surface area contributed by atoms with Gasteiger partial charge in [0, 0.05) is 39.0 Å². The van der Waals surface area contributed by atoms with Gasteiger partial charge >= 0.3 is 0 Å². The van der Waals surface area contributed by atoms with E-state index in [2.05, 4.69) is 5.32 Å². The Morgan fingerprint density at radius 1 is 0.900 bits per heavy atom. The standard InChI is InChI=1S/C32H41N3O4S/c1-5-26(3)33-32(37)30(23-27-15-8-6-9-16-27)35(24-28-17-12-14-25(2)22-28)31(36)20-13-21-34(4)40(38,39)29-18-10-7-11-19-29/h6-12,14-19,22,26,30H,5,13,20-21,23-24H2,1-4H3,(H,33,37)/t26-,30-/m0/s1. The van der Waals surface area contributed by atoms with Crippen molar-refractivity contribution in [3.8, 4) is 0 Å². The van der Waals surface area contributed by atoms with Gasteiger partial charge in [-0.2, -0.15) is 0 Å². The Kier molecular flexibility index (Phi) is 11.5. The molecule has 7 nitrogen and oxygen atoms in total. The molecule has 0 aromatic heterocycles. The molecule has 3 aromatic carbocycles. The lowest BCUT2D eigenvalue weighted by Crippen LogP contribution is -2.52. The number of amides is 2. The number of rotatable bonds is 14. The van der Waals surface area contributed by atoms with E-state index in [-0.39, 0.29) is 42.3 Å². The molecule has 0 saturated heterocycles. The van der Waals surface area contributed by atoms with Gasteiger partial charge in [-0.3, -0.25) is 9.59 Å². The van der Waals surface area contributed by atoms with Gasteiger partial charge in [-0.05, 0) is 49.9 Å². The van der Waals surface area contributed by atoms with E-state index in [9.17, 15) is 18.0 Å². The van der Waals surface area contributed by atoms with Crippen LogP contribution in [0.5, 0.6) is 0 Å². The van der Waals surface area contributed by atoms with Crippen LogP contribution in [0, 0.1) is 6.92 Å². The summed E-state index contributed by atoms with van der Waals surface area (Å²) in [7, 11) is -2.13. The fourth-order valence-corrected chi connectivity index (χ4v) is 5.72. The Balaban J connectivity index is 1.83. The second-order valence-corrected chi connectivity index (χ2v) is 12.3. The minimum absolute atomic E-state index is 0.0291. The lowest BCUT2D eigenvalue weighted by molar-refractivity contribution is -0.141. The molecule has 0 spiro atoms. The lowest BCUT2D eigenvalue weighted by Gasteiger charge is -2.32. The van der Waals surface area contributed by atoms with Crippen LogP contribution in [0.1, 0.15) is 49.8 Å². The molecule has 0 aliphatic carbocycles. The molecule has 3 rings (SSSR count). The van der Waals surface area contributed by atoms with E-state index in [0.29, 0.717) is 12.8 Å². The highest BCUT2D eigenvalue weighted by Gasteiger charge is 2.31. The Bertz CT molecular complexity index is 1350. The maximum atomic E-state index is 13.8. The van der Waals surface area contributed by atoms with Crippen molar-refractivity contribution in [2.45, 2.75) is 70.0 Å². The Morgan fingerprint density at radius 3 is 2.15 bits per heavy atom. The summed E-state index contributed by atoms with van der Waals surface area (Å²) in [6, 6.07) is 25.1. The number of hydrogen-bond donors (Lipinski definition) is 1. The number of carbonyl (C=O) groups excluding carboxylic acids is 2.